The molecule has 0 atom stereocenters. The highest BCUT2D eigenvalue weighted by Gasteiger charge is 2.16. The maximum absolute atomic E-state index is 5.77. The highest BCUT2D eigenvalue weighted by atomic mass is 16.5. The molecule has 0 aliphatic rings. The Hall–Kier alpha value is -1.44. The third-order valence-electron chi connectivity index (χ3n) is 1.79. The molecule has 1 radical (unpaired) electrons. The fraction of sp³-hybridized carbons (Fsp3) is 0.385. The van der Waals surface area contributed by atoms with Gasteiger partial charge in [-0.1, -0.05) is 18.7 Å². The lowest BCUT2D eigenvalue weighted by Gasteiger charge is -2.23. The molecule has 0 fully saturated rings. The number of benzene rings is 1. The molecule has 2 nitrogen and oxygen atoms in total. The fourth-order valence-corrected chi connectivity index (χ4v) is 1.28. The maximum atomic E-state index is 5.77. The van der Waals surface area contributed by atoms with Crippen molar-refractivity contribution in [3.05, 3.63) is 36.4 Å². The minimum absolute atomic E-state index is 0.243. The average molecular weight is 205 g/mol. The number of hydrogen-bond acceptors (Lipinski definition) is 2. The molecular weight excluding hydrogens is 188 g/mol. The van der Waals surface area contributed by atoms with E-state index in [0.29, 0.717) is 5.75 Å². The molecule has 2 heteroatoms. The molecule has 0 unspecified atom stereocenters. The van der Waals surface area contributed by atoms with Crippen LogP contribution < -0.4 is 9.47 Å². The number of methoxy groups -OCH3 is 1. The molecule has 0 bridgehead atoms. The lowest BCUT2D eigenvalue weighted by atomic mass is 10.1. The van der Waals surface area contributed by atoms with Crippen LogP contribution >= 0.6 is 0 Å². The molecule has 1 aromatic carbocycles. The van der Waals surface area contributed by atoms with E-state index in [0.717, 1.165) is 11.3 Å². The van der Waals surface area contributed by atoms with Crippen LogP contribution in [0.2, 0.25) is 0 Å². The van der Waals surface area contributed by atoms with Gasteiger partial charge in [0.15, 0.2) is 11.5 Å². The summed E-state index contributed by atoms with van der Waals surface area (Å²) in [5.74, 6) is 1.40. The second-order valence-corrected chi connectivity index (χ2v) is 4.23. The Kier molecular flexibility index (Phi) is 3.40. The lowest BCUT2D eigenvalue weighted by Crippen LogP contribution is -2.23. The Balaban J connectivity index is 3.12. The van der Waals surface area contributed by atoms with Gasteiger partial charge in [0.25, 0.3) is 0 Å². The van der Waals surface area contributed by atoms with Crippen molar-refractivity contribution in [3.8, 4) is 11.5 Å². The van der Waals surface area contributed by atoms with E-state index in [-0.39, 0.29) is 5.60 Å². The third-order valence-corrected chi connectivity index (χ3v) is 1.79. The van der Waals surface area contributed by atoms with E-state index in [4.69, 9.17) is 9.47 Å². The fourth-order valence-electron chi connectivity index (χ4n) is 1.28. The van der Waals surface area contributed by atoms with Crippen LogP contribution in [0.25, 0.3) is 0 Å². The second kappa shape index (κ2) is 4.39. The van der Waals surface area contributed by atoms with Gasteiger partial charge in [0.2, 0.25) is 0 Å². The summed E-state index contributed by atoms with van der Waals surface area (Å²) in [6, 6.07) is 5.67. The van der Waals surface area contributed by atoms with Crippen molar-refractivity contribution in [1.82, 2.24) is 0 Å². The SMILES string of the molecule is C=[C]c1cccc(OC(C)(C)C)c1OC. The van der Waals surface area contributed by atoms with Crippen LogP contribution in [0.5, 0.6) is 11.5 Å². The first-order valence-electron chi connectivity index (χ1n) is 4.87. The molecule has 0 aliphatic carbocycles. The highest BCUT2D eigenvalue weighted by molar-refractivity contribution is 5.49. The zero-order chi connectivity index (χ0) is 11.5. The summed E-state index contributed by atoms with van der Waals surface area (Å²) in [5, 5.41) is 0. The molecule has 0 heterocycles. The normalized spacial score (nSPS) is 10.9. The number of ether oxygens (including phenoxy) is 2. The molecular formula is C13H17O2. The van der Waals surface area contributed by atoms with Gasteiger partial charge in [-0.2, -0.15) is 0 Å². The monoisotopic (exact) mass is 205 g/mol. The minimum atomic E-state index is -0.243. The average Bonchev–Trinajstić information content (AvgIpc) is 2.15. The van der Waals surface area contributed by atoms with Gasteiger partial charge in [-0.3, -0.25) is 0 Å². The third kappa shape index (κ3) is 3.01. The highest BCUT2D eigenvalue weighted by Crippen LogP contribution is 2.33. The quantitative estimate of drug-likeness (QED) is 0.754. The number of rotatable bonds is 3. The summed E-state index contributed by atoms with van der Waals surface area (Å²) in [6.07, 6.45) is 2.82. The molecule has 1 aromatic rings. The first-order valence-corrected chi connectivity index (χ1v) is 4.87. The molecule has 0 aromatic heterocycles. The van der Waals surface area contributed by atoms with E-state index in [9.17, 15) is 0 Å². The van der Waals surface area contributed by atoms with Crippen molar-refractivity contribution in [2.75, 3.05) is 7.11 Å². The molecule has 0 spiro atoms. The van der Waals surface area contributed by atoms with Gasteiger partial charge in [-0.05, 0) is 32.9 Å². The second-order valence-electron chi connectivity index (χ2n) is 4.23. The summed E-state index contributed by atoms with van der Waals surface area (Å²) < 4.78 is 11.1. The molecule has 1 rings (SSSR count). The number of para-hydroxylation sites is 1. The molecule has 0 aliphatic heterocycles. The van der Waals surface area contributed by atoms with Gasteiger partial charge in [0.05, 0.1) is 7.11 Å². The van der Waals surface area contributed by atoms with E-state index in [2.05, 4.69) is 12.7 Å². The van der Waals surface area contributed by atoms with Crippen molar-refractivity contribution in [2.45, 2.75) is 26.4 Å². The predicted octanol–water partition coefficient (Wildman–Crippen LogP) is 3.21. The summed E-state index contributed by atoms with van der Waals surface area (Å²) in [5.41, 5.74) is 0.576. The van der Waals surface area contributed by atoms with Gasteiger partial charge < -0.3 is 9.47 Å². The van der Waals surface area contributed by atoms with Crippen LogP contribution in [0, 0.1) is 6.08 Å². The first-order chi connectivity index (χ1) is 6.98. The Morgan fingerprint density at radius 1 is 1.27 bits per heavy atom. The lowest BCUT2D eigenvalue weighted by molar-refractivity contribution is 0.125. The van der Waals surface area contributed by atoms with Crippen molar-refractivity contribution < 1.29 is 9.47 Å². The van der Waals surface area contributed by atoms with Crippen molar-refractivity contribution >= 4 is 0 Å². The zero-order valence-corrected chi connectivity index (χ0v) is 9.76. The van der Waals surface area contributed by atoms with Crippen LogP contribution in [0.3, 0.4) is 0 Å². The van der Waals surface area contributed by atoms with Crippen LogP contribution in [-0.2, 0) is 0 Å². The van der Waals surface area contributed by atoms with Crippen LogP contribution in [0.15, 0.2) is 24.8 Å². The smallest absolute Gasteiger partial charge is 0.168 e. The van der Waals surface area contributed by atoms with Gasteiger partial charge in [-0.15, -0.1) is 0 Å². The van der Waals surface area contributed by atoms with E-state index in [1.165, 1.54) is 0 Å². The summed E-state index contributed by atoms with van der Waals surface area (Å²) in [7, 11) is 1.62. The predicted molar refractivity (Wildman–Crippen MR) is 61.3 cm³/mol. The van der Waals surface area contributed by atoms with Gasteiger partial charge in [0, 0.05) is 5.56 Å². The van der Waals surface area contributed by atoms with Crippen molar-refractivity contribution in [1.29, 1.82) is 0 Å². The summed E-state index contributed by atoms with van der Waals surface area (Å²) in [4.78, 5) is 0. The Morgan fingerprint density at radius 2 is 1.93 bits per heavy atom. The minimum Gasteiger partial charge on any atom is -0.492 e. The largest absolute Gasteiger partial charge is 0.492 e. The maximum Gasteiger partial charge on any atom is 0.168 e. The summed E-state index contributed by atoms with van der Waals surface area (Å²) in [6.45, 7) is 9.61. The Labute approximate surface area is 91.5 Å². The van der Waals surface area contributed by atoms with Crippen molar-refractivity contribution in [3.63, 3.8) is 0 Å². The summed E-state index contributed by atoms with van der Waals surface area (Å²) >= 11 is 0. The molecule has 81 valence electrons. The standard InChI is InChI=1S/C13H17O2/c1-6-10-8-7-9-11(12(10)14-5)15-13(2,3)4/h7-9H,1H2,2-5H3. The zero-order valence-electron chi connectivity index (χ0n) is 9.76. The topological polar surface area (TPSA) is 18.5 Å². The molecule has 15 heavy (non-hydrogen) atoms. The Morgan fingerprint density at radius 3 is 2.40 bits per heavy atom. The van der Waals surface area contributed by atoms with E-state index in [1.807, 2.05) is 39.0 Å². The van der Waals surface area contributed by atoms with Gasteiger partial charge in [0.1, 0.15) is 5.60 Å². The van der Waals surface area contributed by atoms with Crippen LogP contribution in [0.1, 0.15) is 26.3 Å². The van der Waals surface area contributed by atoms with E-state index in [1.54, 1.807) is 7.11 Å². The van der Waals surface area contributed by atoms with Crippen molar-refractivity contribution in [2.24, 2.45) is 0 Å². The molecule has 0 saturated heterocycles. The van der Waals surface area contributed by atoms with Gasteiger partial charge in [-0.25, -0.2) is 0 Å². The van der Waals surface area contributed by atoms with Crippen LogP contribution in [-0.4, -0.2) is 12.7 Å². The Bertz CT molecular complexity index is 348. The molecule has 0 N–H and O–H groups in total. The molecule has 0 saturated carbocycles. The first kappa shape index (κ1) is 11.6. The molecule has 0 amide bonds. The number of hydrogen-bond donors (Lipinski definition) is 0. The van der Waals surface area contributed by atoms with Gasteiger partial charge >= 0.3 is 0 Å². The van der Waals surface area contributed by atoms with E-state index >= 15 is 0 Å². The van der Waals surface area contributed by atoms with E-state index < -0.39 is 0 Å². The van der Waals surface area contributed by atoms with Crippen LogP contribution in [0.4, 0.5) is 0 Å².